The van der Waals surface area contributed by atoms with E-state index in [2.05, 4.69) is 25.9 Å². The summed E-state index contributed by atoms with van der Waals surface area (Å²) >= 11 is 0. The van der Waals surface area contributed by atoms with Crippen molar-refractivity contribution < 1.29 is 0 Å². The zero-order chi connectivity index (χ0) is 14.9. The first-order valence-electron chi connectivity index (χ1n) is 6.42. The van der Waals surface area contributed by atoms with Crippen LogP contribution in [0.25, 0.3) is 11.3 Å². The maximum absolute atomic E-state index is 11.5. The molecule has 4 heteroatoms. The molecule has 2 rings (SSSR count). The molecule has 0 saturated carbocycles. The molecular weight excluding hydrogens is 250 g/mol. The molecule has 0 aliphatic rings. The Morgan fingerprint density at radius 2 is 1.80 bits per heavy atom. The number of rotatable bonds is 1. The molecule has 0 amide bonds. The fourth-order valence-corrected chi connectivity index (χ4v) is 1.96. The van der Waals surface area contributed by atoms with Crippen molar-refractivity contribution in [2.75, 3.05) is 0 Å². The second kappa shape index (κ2) is 4.93. The van der Waals surface area contributed by atoms with E-state index in [0.717, 1.165) is 5.56 Å². The van der Waals surface area contributed by atoms with E-state index in [1.54, 1.807) is 7.05 Å². The number of hydrogen-bond acceptors (Lipinski definition) is 3. The fraction of sp³-hybridized carbons (Fsp3) is 0.312. The summed E-state index contributed by atoms with van der Waals surface area (Å²) in [4.78, 5) is 11.5. The van der Waals surface area contributed by atoms with Gasteiger partial charge in [0, 0.05) is 18.7 Å². The van der Waals surface area contributed by atoms with Gasteiger partial charge in [-0.25, -0.2) is 4.68 Å². The molecule has 4 nitrogen and oxygen atoms in total. The minimum Gasteiger partial charge on any atom is -0.268 e. The summed E-state index contributed by atoms with van der Waals surface area (Å²) in [7, 11) is 1.58. The Balaban J connectivity index is 2.55. The van der Waals surface area contributed by atoms with Gasteiger partial charge in [0.25, 0.3) is 5.56 Å². The third-order valence-corrected chi connectivity index (χ3v) is 3.24. The van der Waals surface area contributed by atoms with Crippen molar-refractivity contribution in [1.29, 1.82) is 5.26 Å². The van der Waals surface area contributed by atoms with Gasteiger partial charge in [-0.15, -0.1) is 0 Å². The molecule has 0 atom stereocenters. The quantitative estimate of drug-likeness (QED) is 0.798. The molecule has 2 aromatic rings. The third kappa shape index (κ3) is 2.62. The highest BCUT2D eigenvalue weighted by Gasteiger charge is 2.14. The average Bonchev–Trinajstić information content (AvgIpc) is 2.40. The molecule has 0 aliphatic carbocycles. The van der Waals surface area contributed by atoms with Crippen molar-refractivity contribution in [1.82, 2.24) is 9.78 Å². The largest absolute Gasteiger partial charge is 0.268 e. The van der Waals surface area contributed by atoms with Crippen LogP contribution in [0, 0.1) is 11.3 Å². The molecule has 0 aliphatic heterocycles. The van der Waals surface area contributed by atoms with Crippen LogP contribution in [0.3, 0.4) is 0 Å². The number of aromatic nitrogens is 2. The van der Waals surface area contributed by atoms with Crippen LogP contribution in [0.1, 0.15) is 31.9 Å². The molecule has 0 fully saturated rings. The van der Waals surface area contributed by atoms with Gasteiger partial charge in [-0.1, -0.05) is 45.0 Å². The lowest BCUT2D eigenvalue weighted by atomic mass is 9.86. The van der Waals surface area contributed by atoms with Crippen LogP contribution in [-0.4, -0.2) is 9.78 Å². The minimum absolute atomic E-state index is 0.0769. The van der Waals surface area contributed by atoms with Crippen molar-refractivity contribution >= 4 is 0 Å². The Hall–Kier alpha value is -2.41. The van der Waals surface area contributed by atoms with Crippen molar-refractivity contribution in [2.24, 2.45) is 7.05 Å². The molecule has 0 radical (unpaired) electrons. The first kappa shape index (κ1) is 14.0. The molecule has 1 aromatic heterocycles. The standard InChI is InChI=1S/C16H17N3O/c1-16(2,3)13-7-5-11(6-8-13)15-12(10-17)9-14(20)19(4)18-15/h5-9H,1-4H3. The van der Waals surface area contributed by atoms with Crippen molar-refractivity contribution in [2.45, 2.75) is 26.2 Å². The van der Waals surface area contributed by atoms with Gasteiger partial charge in [-0.05, 0) is 11.0 Å². The first-order chi connectivity index (χ1) is 9.32. The smallest absolute Gasteiger partial charge is 0.267 e. The number of hydrogen-bond donors (Lipinski definition) is 0. The van der Waals surface area contributed by atoms with E-state index in [1.807, 2.05) is 30.3 Å². The molecule has 0 saturated heterocycles. The van der Waals surface area contributed by atoms with E-state index in [4.69, 9.17) is 5.26 Å². The number of nitriles is 1. The van der Waals surface area contributed by atoms with E-state index in [1.165, 1.54) is 16.3 Å². The zero-order valence-electron chi connectivity index (χ0n) is 12.1. The van der Waals surface area contributed by atoms with Crippen LogP contribution in [0.4, 0.5) is 0 Å². The normalized spacial score (nSPS) is 11.2. The van der Waals surface area contributed by atoms with Gasteiger partial charge < -0.3 is 0 Å². The second-order valence-electron chi connectivity index (χ2n) is 5.81. The predicted octanol–water partition coefficient (Wildman–Crippen LogP) is 2.62. The lowest BCUT2D eigenvalue weighted by Gasteiger charge is -2.19. The van der Waals surface area contributed by atoms with Crippen LogP contribution in [0.2, 0.25) is 0 Å². The SMILES string of the molecule is Cn1nc(-c2ccc(C(C)(C)C)cc2)c(C#N)cc1=O. The number of nitrogens with zero attached hydrogens (tertiary/aromatic N) is 3. The summed E-state index contributed by atoms with van der Waals surface area (Å²) in [6, 6.07) is 11.3. The van der Waals surface area contributed by atoms with Crippen LogP contribution < -0.4 is 5.56 Å². The maximum atomic E-state index is 11.5. The Bertz CT molecular complexity index is 728. The Kier molecular flexibility index (Phi) is 3.46. The molecule has 0 N–H and O–H groups in total. The third-order valence-electron chi connectivity index (χ3n) is 3.24. The summed E-state index contributed by atoms with van der Waals surface area (Å²) < 4.78 is 1.24. The van der Waals surface area contributed by atoms with Gasteiger partial charge in [0.1, 0.15) is 11.8 Å². The predicted molar refractivity (Wildman–Crippen MR) is 78.3 cm³/mol. The molecule has 0 spiro atoms. The molecule has 102 valence electrons. The zero-order valence-corrected chi connectivity index (χ0v) is 12.1. The van der Waals surface area contributed by atoms with E-state index in [0.29, 0.717) is 11.3 Å². The van der Waals surface area contributed by atoms with Crippen molar-refractivity contribution in [3.63, 3.8) is 0 Å². The topological polar surface area (TPSA) is 58.7 Å². The monoisotopic (exact) mass is 267 g/mol. The molecule has 0 unspecified atom stereocenters. The summed E-state index contributed by atoms with van der Waals surface area (Å²) in [5.74, 6) is 0. The van der Waals surface area contributed by atoms with E-state index in [-0.39, 0.29) is 11.0 Å². The number of benzene rings is 1. The van der Waals surface area contributed by atoms with E-state index < -0.39 is 0 Å². The summed E-state index contributed by atoms with van der Waals surface area (Å²) in [6.07, 6.45) is 0. The number of aryl methyl sites for hydroxylation is 1. The van der Waals surface area contributed by atoms with Gasteiger partial charge >= 0.3 is 0 Å². The van der Waals surface area contributed by atoms with E-state index in [9.17, 15) is 4.79 Å². The highest BCUT2D eigenvalue weighted by atomic mass is 16.1. The Labute approximate surface area is 118 Å². The minimum atomic E-state index is -0.281. The summed E-state index contributed by atoms with van der Waals surface area (Å²) in [5, 5.41) is 13.3. The summed E-state index contributed by atoms with van der Waals surface area (Å²) in [5.41, 5.74) is 2.69. The van der Waals surface area contributed by atoms with Gasteiger partial charge in [0.15, 0.2) is 0 Å². The van der Waals surface area contributed by atoms with Crippen LogP contribution in [-0.2, 0) is 12.5 Å². The molecule has 1 heterocycles. The lowest BCUT2D eigenvalue weighted by Crippen LogP contribution is -2.20. The lowest BCUT2D eigenvalue weighted by molar-refractivity contribution is 0.590. The van der Waals surface area contributed by atoms with Crippen molar-refractivity contribution in [3.05, 3.63) is 51.8 Å². The summed E-state index contributed by atoms with van der Waals surface area (Å²) in [6.45, 7) is 6.44. The Morgan fingerprint density at radius 3 is 2.30 bits per heavy atom. The first-order valence-corrected chi connectivity index (χ1v) is 6.42. The highest BCUT2D eigenvalue weighted by molar-refractivity contribution is 5.66. The maximum Gasteiger partial charge on any atom is 0.267 e. The fourth-order valence-electron chi connectivity index (χ4n) is 1.96. The van der Waals surface area contributed by atoms with Crippen LogP contribution in [0.5, 0.6) is 0 Å². The van der Waals surface area contributed by atoms with Gasteiger partial charge in [0.2, 0.25) is 0 Å². The second-order valence-corrected chi connectivity index (χ2v) is 5.81. The molecule has 1 aromatic carbocycles. The van der Waals surface area contributed by atoms with Gasteiger partial charge in [0.05, 0.1) is 5.56 Å². The highest BCUT2D eigenvalue weighted by Crippen LogP contribution is 2.26. The average molecular weight is 267 g/mol. The molecule has 20 heavy (non-hydrogen) atoms. The van der Waals surface area contributed by atoms with Gasteiger partial charge in [-0.2, -0.15) is 10.4 Å². The van der Waals surface area contributed by atoms with Crippen molar-refractivity contribution in [3.8, 4) is 17.3 Å². The Morgan fingerprint density at radius 1 is 1.20 bits per heavy atom. The molecular formula is C16H17N3O. The van der Waals surface area contributed by atoms with E-state index >= 15 is 0 Å². The van der Waals surface area contributed by atoms with Gasteiger partial charge in [-0.3, -0.25) is 4.79 Å². The molecule has 0 bridgehead atoms. The van der Waals surface area contributed by atoms with Crippen LogP contribution >= 0.6 is 0 Å². The van der Waals surface area contributed by atoms with Crippen LogP contribution in [0.15, 0.2) is 35.1 Å².